The Hall–Kier alpha value is 0.354. The van der Waals surface area contributed by atoms with Gasteiger partial charge in [0.2, 0.25) is 0 Å². The van der Waals surface area contributed by atoms with E-state index in [1.807, 2.05) is 0 Å². The summed E-state index contributed by atoms with van der Waals surface area (Å²) in [6.07, 6.45) is 0. The van der Waals surface area contributed by atoms with Gasteiger partial charge < -0.3 is 26.3 Å². The smallest absolute Gasteiger partial charge is 0.412 e. The van der Waals surface area contributed by atoms with Crippen LogP contribution in [0.5, 0.6) is 0 Å². The van der Waals surface area contributed by atoms with Crippen molar-refractivity contribution < 1.29 is 52.9 Å². The SMILES string of the molecule is O.O.O=[N+]([O-])[O-].[Lu+3]. The molecule has 0 aromatic heterocycles. The number of nitrogens with zero attached hydrogens (tertiary/aromatic N) is 1. The molecule has 7 heavy (non-hydrogen) atoms. The van der Waals surface area contributed by atoms with Crippen molar-refractivity contribution in [3.63, 3.8) is 0 Å². The van der Waals surface area contributed by atoms with E-state index in [0.717, 1.165) is 0 Å². The van der Waals surface area contributed by atoms with Crippen LogP contribution in [0.2, 0.25) is 0 Å². The van der Waals surface area contributed by atoms with Gasteiger partial charge in [-0.1, -0.05) is 0 Å². The summed E-state index contributed by atoms with van der Waals surface area (Å²) in [5.41, 5.74) is 0. The molecule has 52 valence electrons. The van der Waals surface area contributed by atoms with Gasteiger partial charge in [0.25, 0.3) is 0 Å². The van der Waals surface area contributed by atoms with E-state index >= 15 is 0 Å². The topological polar surface area (TPSA) is 129 Å². The third kappa shape index (κ3) is 962. The standard InChI is InChI=1S/Lu.NO3.2H2O/c;2-1(3)4;;/h;;2*1H2/q+3;-1;;. The Bertz CT molecular complexity index is 31.1. The Morgan fingerprint density at radius 3 is 1.14 bits per heavy atom. The third-order valence-electron chi connectivity index (χ3n) is 0. The van der Waals surface area contributed by atoms with Crippen LogP contribution in [0.4, 0.5) is 0 Å². The molecular formula is H4LuNO5+2. The maximum atomic E-state index is 8.25. The monoisotopic (exact) mass is 273 g/mol. The zero-order valence-electron chi connectivity index (χ0n) is 2.93. The fourth-order valence-corrected chi connectivity index (χ4v) is 0. The molecule has 0 unspecified atom stereocenters. The minimum Gasteiger partial charge on any atom is -0.412 e. The molecule has 0 saturated heterocycles. The molecule has 0 aromatic carbocycles. The second kappa shape index (κ2) is 16.2. The van der Waals surface area contributed by atoms with Crippen LogP contribution in [0, 0.1) is 52.2 Å². The molecule has 0 aliphatic heterocycles. The molecule has 0 aliphatic carbocycles. The predicted octanol–water partition coefficient (Wildman–Crippen LogP) is -1.89. The zero-order chi connectivity index (χ0) is 3.58. The average molecular weight is 273 g/mol. The number of hydrogen-bond acceptors (Lipinski definition) is 3. The molecule has 7 heteroatoms. The van der Waals surface area contributed by atoms with Crippen LogP contribution in [0.25, 0.3) is 0 Å². The summed E-state index contributed by atoms with van der Waals surface area (Å²) >= 11 is 0. The summed E-state index contributed by atoms with van der Waals surface area (Å²) in [6, 6.07) is 0. The molecule has 4 N–H and O–H groups in total. The Kier molecular flexibility index (Phi) is 61.1. The summed E-state index contributed by atoms with van der Waals surface area (Å²) < 4.78 is 0. The maximum absolute atomic E-state index is 8.25. The van der Waals surface area contributed by atoms with Gasteiger partial charge in [0.15, 0.2) is 0 Å². The second-order valence-electron chi connectivity index (χ2n) is 0.224. The molecule has 0 aromatic rings. The van der Waals surface area contributed by atoms with Crippen LogP contribution in [-0.4, -0.2) is 16.0 Å². The fourth-order valence-electron chi connectivity index (χ4n) is 0. The number of hydrogen-bond donors (Lipinski definition) is 0. The van der Waals surface area contributed by atoms with Crippen molar-refractivity contribution in [2.24, 2.45) is 0 Å². The summed E-state index contributed by atoms with van der Waals surface area (Å²) in [6.45, 7) is 0. The van der Waals surface area contributed by atoms with Crippen LogP contribution in [0.3, 0.4) is 0 Å². The first kappa shape index (κ1) is 26.4. The largest absolute Gasteiger partial charge is 3.00 e. The fraction of sp³-hybridized carbons (Fsp3) is 0. The first-order valence-corrected chi connectivity index (χ1v) is 0.548. The Morgan fingerprint density at radius 2 is 1.14 bits per heavy atom. The molecular weight excluding hydrogens is 269 g/mol. The van der Waals surface area contributed by atoms with Crippen molar-refractivity contribution in [2.75, 3.05) is 0 Å². The minimum atomic E-state index is -1.75. The molecule has 0 heterocycles. The molecule has 6 nitrogen and oxygen atoms in total. The van der Waals surface area contributed by atoms with Gasteiger partial charge in [-0.05, 0) is 0 Å². The van der Waals surface area contributed by atoms with Crippen LogP contribution < -0.4 is 0 Å². The normalized spacial score (nSPS) is 3.43. The summed E-state index contributed by atoms with van der Waals surface area (Å²) in [5, 5.41) is 14.8. The van der Waals surface area contributed by atoms with Crippen molar-refractivity contribution >= 4 is 0 Å². The van der Waals surface area contributed by atoms with Gasteiger partial charge in [0.05, 0.1) is 5.09 Å². The van der Waals surface area contributed by atoms with E-state index in [1.165, 1.54) is 0 Å². The van der Waals surface area contributed by atoms with Gasteiger partial charge in [0, 0.05) is 0 Å². The molecule has 0 bridgehead atoms. The minimum absolute atomic E-state index is 0. The molecule has 0 atom stereocenters. The van der Waals surface area contributed by atoms with Crippen LogP contribution in [0.1, 0.15) is 0 Å². The quantitative estimate of drug-likeness (QED) is 0.377. The van der Waals surface area contributed by atoms with Crippen molar-refractivity contribution in [1.29, 1.82) is 0 Å². The van der Waals surface area contributed by atoms with Gasteiger partial charge >= 0.3 is 36.9 Å². The van der Waals surface area contributed by atoms with Crippen LogP contribution in [0.15, 0.2) is 0 Å². The molecule has 0 saturated carbocycles. The van der Waals surface area contributed by atoms with Gasteiger partial charge in [-0.3, -0.25) is 0 Å². The van der Waals surface area contributed by atoms with Crippen molar-refractivity contribution in [2.45, 2.75) is 0 Å². The second-order valence-corrected chi connectivity index (χ2v) is 0.224. The van der Waals surface area contributed by atoms with E-state index in [2.05, 4.69) is 0 Å². The molecule has 0 rings (SSSR count). The van der Waals surface area contributed by atoms with Crippen molar-refractivity contribution in [3.8, 4) is 0 Å². The van der Waals surface area contributed by atoms with Gasteiger partial charge in [-0.2, -0.15) is 0 Å². The first-order chi connectivity index (χ1) is 1.73. The summed E-state index contributed by atoms with van der Waals surface area (Å²) in [5.74, 6) is 0. The van der Waals surface area contributed by atoms with E-state index < -0.39 is 5.09 Å². The summed E-state index contributed by atoms with van der Waals surface area (Å²) in [4.78, 5) is 8.25. The van der Waals surface area contributed by atoms with Crippen LogP contribution in [-0.2, 0) is 0 Å². The van der Waals surface area contributed by atoms with Gasteiger partial charge in [0.1, 0.15) is 0 Å². The Labute approximate surface area is 68.0 Å². The van der Waals surface area contributed by atoms with E-state index in [1.54, 1.807) is 0 Å². The molecule has 0 spiro atoms. The molecule has 0 fully saturated rings. The van der Waals surface area contributed by atoms with E-state index in [4.69, 9.17) is 15.3 Å². The number of rotatable bonds is 0. The third-order valence-corrected chi connectivity index (χ3v) is 0. The maximum Gasteiger partial charge on any atom is 3.00 e. The zero-order valence-corrected chi connectivity index (χ0v) is 4.59. The molecule has 0 aliphatic rings. The average Bonchev–Trinajstić information content (AvgIpc) is 0.811. The predicted molar refractivity (Wildman–Crippen MR) is 17.6 cm³/mol. The molecule has 0 radical (unpaired) electrons. The molecule has 0 amide bonds. The van der Waals surface area contributed by atoms with Gasteiger partial charge in [-0.15, -0.1) is 0 Å². The van der Waals surface area contributed by atoms with Crippen molar-refractivity contribution in [1.82, 2.24) is 0 Å². The van der Waals surface area contributed by atoms with E-state index in [-0.39, 0.29) is 47.8 Å². The first-order valence-electron chi connectivity index (χ1n) is 0.548. The van der Waals surface area contributed by atoms with Gasteiger partial charge in [-0.25, -0.2) is 0 Å². The van der Waals surface area contributed by atoms with Crippen LogP contribution >= 0.6 is 0 Å². The van der Waals surface area contributed by atoms with Crippen molar-refractivity contribution in [3.05, 3.63) is 15.3 Å². The van der Waals surface area contributed by atoms with E-state index in [0.29, 0.717) is 0 Å². The Morgan fingerprint density at radius 1 is 1.14 bits per heavy atom. The Balaban J connectivity index is -0.0000000150. The van der Waals surface area contributed by atoms with E-state index in [9.17, 15) is 0 Å². The summed E-state index contributed by atoms with van der Waals surface area (Å²) in [7, 11) is 0.